The van der Waals surface area contributed by atoms with Crippen molar-refractivity contribution in [2.75, 3.05) is 7.11 Å². The van der Waals surface area contributed by atoms with Gasteiger partial charge in [0, 0.05) is 19.7 Å². The maximum atomic E-state index is 12.8. The predicted molar refractivity (Wildman–Crippen MR) is 108 cm³/mol. The summed E-state index contributed by atoms with van der Waals surface area (Å²) in [5, 5.41) is -0.0623. The number of hydrogen-bond donors (Lipinski definition) is 0. The fraction of sp³-hybridized carbons (Fsp3) is 0.316. The van der Waals surface area contributed by atoms with Crippen LogP contribution in [0.15, 0.2) is 38.9 Å². The van der Waals surface area contributed by atoms with Crippen LogP contribution in [0.3, 0.4) is 0 Å². The number of nitrogens with zero attached hydrogens (tertiary/aromatic N) is 4. The molecule has 2 aromatic heterocycles. The Bertz CT molecular complexity index is 1200. The van der Waals surface area contributed by atoms with Crippen molar-refractivity contribution in [3.05, 3.63) is 50.7 Å². The fourth-order valence-electron chi connectivity index (χ4n) is 2.81. The molecule has 0 aliphatic carbocycles. The van der Waals surface area contributed by atoms with Gasteiger partial charge in [-0.15, -0.1) is 0 Å². The number of benzene rings is 1. The zero-order chi connectivity index (χ0) is 20.6. The first-order chi connectivity index (χ1) is 13.2. The first-order valence-corrected chi connectivity index (χ1v) is 9.41. The van der Waals surface area contributed by atoms with Crippen molar-refractivity contribution in [2.24, 2.45) is 14.1 Å². The van der Waals surface area contributed by atoms with E-state index in [0.29, 0.717) is 10.9 Å². The number of carbonyl (C=O) groups excluding carboxylic acids is 1. The Morgan fingerprint density at radius 1 is 1.18 bits per heavy atom. The number of hydrogen-bond acceptors (Lipinski definition) is 7. The monoisotopic (exact) mass is 400 g/mol. The van der Waals surface area contributed by atoms with E-state index in [1.807, 2.05) is 31.2 Å². The van der Waals surface area contributed by atoms with Gasteiger partial charge in [0.25, 0.3) is 5.56 Å². The van der Waals surface area contributed by atoms with E-state index in [-0.39, 0.29) is 11.0 Å². The van der Waals surface area contributed by atoms with Gasteiger partial charge in [-0.2, -0.15) is 0 Å². The van der Waals surface area contributed by atoms with E-state index in [1.54, 1.807) is 14.0 Å². The van der Waals surface area contributed by atoms with Crippen LogP contribution in [0.4, 0.5) is 0 Å². The molecular formula is C19H20N4O4S. The summed E-state index contributed by atoms with van der Waals surface area (Å²) in [6.45, 7) is 3.62. The molecule has 8 nitrogen and oxygen atoms in total. The molecule has 1 atom stereocenters. The van der Waals surface area contributed by atoms with Gasteiger partial charge >= 0.3 is 11.7 Å². The van der Waals surface area contributed by atoms with E-state index in [2.05, 4.69) is 9.97 Å². The lowest BCUT2D eigenvalue weighted by Crippen LogP contribution is -2.37. The highest BCUT2D eigenvalue weighted by Crippen LogP contribution is 2.29. The predicted octanol–water partition coefficient (Wildman–Crippen LogP) is 1.66. The van der Waals surface area contributed by atoms with Crippen LogP contribution in [-0.4, -0.2) is 37.4 Å². The lowest BCUT2D eigenvalue weighted by atomic mass is 10.1. The highest BCUT2D eigenvalue weighted by Gasteiger charge is 2.22. The van der Waals surface area contributed by atoms with Crippen LogP contribution in [0.25, 0.3) is 22.4 Å². The molecule has 146 valence electrons. The second-order valence-corrected chi connectivity index (χ2v) is 7.74. The molecule has 0 saturated heterocycles. The van der Waals surface area contributed by atoms with Gasteiger partial charge in [-0.1, -0.05) is 35.5 Å². The highest BCUT2D eigenvalue weighted by molar-refractivity contribution is 8.00. The average molecular weight is 400 g/mol. The van der Waals surface area contributed by atoms with E-state index >= 15 is 0 Å². The third-order valence-corrected chi connectivity index (χ3v) is 5.43. The quantitative estimate of drug-likeness (QED) is 0.373. The number of rotatable bonds is 4. The van der Waals surface area contributed by atoms with Crippen molar-refractivity contribution >= 4 is 28.8 Å². The second kappa shape index (κ2) is 7.59. The molecule has 0 unspecified atom stereocenters. The summed E-state index contributed by atoms with van der Waals surface area (Å²) >= 11 is 1.10. The summed E-state index contributed by atoms with van der Waals surface area (Å²) in [5.41, 5.74) is 1.01. The Morgan fingerprint density at radius 2 is 1.89 bits per heavy atom. The van der Waals surface area contributed by atoms with Gasteiger partial charge in [0.2, 0.25) is 0 Å². The smallest absolute Gasteiger partial charge is 0.332 e. The lowest BCUT2D eigenvalue weighted by molar-refractivity contribution is -0.139. The van der Waals surface area contributed by atoms with Crippen molar-refractivity contribution in [2.45, 2.75) is 24.1 Å². The SMILES string of the molecule is COC(=O)[C@H](C)Sc1nc(-c2cccc(C)c2)nc2c1c(=O)n(C)c(=O)n2C. The fourth-order valence-corrected chi connectivity index (χ4v) is 3.77. The summed E-state index contributed by atoms with van der Waals surface area (Å²) in [6.07, 6.45) is 0. The van der Waals surface area contributed by atoms with Crippen molar-refractivity contribution in [3.63, 3.8) is 0 Å². The van der Waals surface area contributed by atoms with Gasteiger partial charge in [-0.3, -0.25) is 18.7 Å². The molecule has 2 heterocycles. The van der Waals surface area contributed by atoms with Crippen LogP contribution in [0.2, 0.25) is 0 Å². The van der Waals surface area contributed by atoms with Crippen molar-refractivity contribution in [1.29, 1.82) is 0 Å². The number of fused-ring (bicyclic) bond motifs is 1. The van der Waals surface area contributed by atoms with Crippen LogP contribution >= 0.6 is 11.8 Å². The molecule has 0 saturated carbocycles. The maximum absolute atomic E-state index is 12.8. The number of aryl methyl sites for hydroxylation is 2. The first-order valence-electron chi connectivity index (χ1n) is 8.54. The third-order valence-electron chi connectivity index (χ3n) is 4.36. The van der Waals surface area contributed by atoms with Crippen LogP contribution in [0.1, 0.15) is 12.5 Å². The maximum Gasteiger partial charge on any atom is 0.332 e. The average Bonchev–Trinajstić information content (AvgIpc) is 2.69. The van der Waals surface area contributed by atoms with E-state index in [0.717, 1.165) is 27.5 Å². The molecule has 0 radical (unpaired) electrons. The number of thioether (sulfide) groups is 1. The number of esters is 1. The molecule has 3 rings (SSSR count). The van der Waals surface area contributed by atoms with Crippen molar-refractivity contribution in [1.82, 2.24) is 19.1 Å². The summed E-state index contributed by atoms with van der Waals surface area (Å²) in [5.74, 6) is -0.0606. The normalized spacial score (nSPS) is 12.2. The highest BCUT2D eigenvalue weighted by atomic mass is 32.2. The Balaban J connectivity index is 2.35. The van der Waals surface area contributed by atoms with E-state index < -0.39 is 22.5 Å². The molecule has 0 spiro atoms. The second-order valence-electron chi connectivity index (χ2n) is 6.41. The summed E-state index contributed by atoms with van der Waals surface area (Å²) in [4.78, 5) is 46.1. The van der Waals surface area contributed by atoms with Crippen LogP contribution in [-0.2, 0) is 23.6 Å². The molecular weight excluding hydrogens is 380 g/mol. The Kier molecular flexibility index (Phi) is 5.37. The number of carbonyl (C=O) groups is 1. The van der Waals surface area contributed by atoms with Crippen LogP contribution in [0, 0.1) is 6.92 Å². The minimum absolute atomic E-state index is 0.196. The largest absolute Gasteiger partial charge is 0.468 e. The summed E-state index contributed by atoms with van der Waals surface area (Å²) < 4.78 is 7.10. The Morgan fingerprint density at radius 3 is 2.54 bits per heavy atom. The molecule has 28 heavy (non-hydrogen) atoms. The summed E-state index contributed by atoms with van der Waals surface area (Å²) in [6, 6.07) is 7.60. The number of ether oxygens (including phenoxy) is 1. The first kappa shape index (κ1) is 19.8. The Hall–Kier alpha value is -2.94. The molecule has 0 N–H and O–H groups in total. The molecule has 0 fully saturated rings. The zero-order valence-corrected chi connectivity index (χ0v) is 17.0. The van der Waals surface area contributed by atoms with Crippen LogP contribution < -0.4 is 11.2 Å². The lowest BCUT2D eigenvalue weighted by Gasteiger charge is -2.14. The molecule has 0 aliphatic heterocycles. The molecule has 0 amide bonds. The molecule has 0 bridgehead atoms. The van der Waals surface area contributed by atoms with E-state index in [1.165, 1.54) is 18.7 Å². The van der Waals surface area contributed by atoms with Gasteiger partial charge in [0.15, 0.2) is 11.5 Å². The minimum atomic E-state index is -0.588. The minimum Gasteiger partial charge on any atom is -0.468 e. The molecule has 3 aromatic rings. The van der Waals surface area contributed by atoms with E-state index in [4.69, 9.17) is 4.74 Å². The van der Waals surface area contributed by atoms with Crippen molar-refractivity contribution < 1.29 is 9.53 Å². The molecule has 1 aromatic carbocycles. The van der Waals surface area contributed by atoms with Crippen molar-refractivity contribution in [3.8, 4) is 11.4 Å². The third kappa shape index (κ3) is 3.45. The summed E-state index contributed by atoms with van der Waals surface area (Å²) in [7, 11) is 4.25. The standard InChI is InChI=1S/C19H20N4O4S/c1-10-7-6-8-12(9-10)14-20-15-13(17(24)23(4)19(26)22(15)3)16(21-14)28-11(2)18(25)27-5/h6-9,11H,1-5H3/t11-/m0/s1. The van der Waals surface area contributed by atoms with E-state index in [9.17, 15) is 14.4 Å². The van der Waals surface area contributed by atoms with Gasteiger partial charge in [0.1, 0.15) is 15.7 Å². The van der Waals surface area contributed by atoms with Crippen LogP contribution in [0.5, 0.6) is 0 Å². The number of methoxy groups -OCH3 is 1. The van der Waals surface area contributed by atoms with Gasteiger partial charge in [-0.25, -0.2) is 14.8 Å². The molecule has 9 heteroatoms. The van der Waals surface area contributed by atoms with Gasteiger partial charge in [0.05, 0.1) is 7.11 Å². The van der Waals surface area contributed by atoms with Gasteiger partial charge < -0.3 is 4.74 Å². The van der Waals surface area contributed by atoms with Gasteiger partial charge in [-0.05, 0) is 19.9 Å². The number of aromatic nitrogens is 4. The zero-order valence-electron chi connectivity index (χ0n) is 16.2. The molecule has 0 aliphatic rings. The topological polar surface area (TPSA) is 96.1 Å². The Labute approximate surface area is 165 Å².